The van der Waals surface area contributed by atoms with E-state index in [1.165, 1.54) is 0 Å². The average molecular weight is 331 g/mol. The van der Waals surface area contributed by atoms with Gasteiger partial charge in [-0.1, -0.05) is 30.3 Å². The standard InChI is InChI=1S/C12H10N4.C6H7N.N2/c13-9-5-6-14-7-8(9)12-15-10-3-1-2-4-11(10)16-12;7-6-4-2-1-3-5-6;1-2/h1-7H,(H2,13,14)(H,15,16);1-5H,7H2;. The van der Waals surface area contributed by atoms with Gasteiger partial charge in [0.05, 0.1) is 16.6 Å². The molecule has 0 unspecified atom stereocenters. The van der Waals surface area contributed by atoms with Crippen molar-refractivity contribution in [3.05, 3.63) is 73.1 Å². The minimum atomic E-state index is 0.675. The van der Waals surface area contributed by atoms with E-state index in [4.69, 9.17) is 22.3 Å². The van der Waals surface area contributed by atoms with Gasteiger partial charge in [-0.15, -0.1) is 0 Å². The molecule has 7 heteroatoms. The van der Waals surface area contributed by atoms with Gasteiger partial charge in [0.1, 0.15) is 5.82 Å². The molecule has 2 aromatic heterocycles. The van der Waals surface area contributed by atoms with Crippen molar-refractivity contribution in [2.24, 2.45) is 0 Å². The van der Waals surface area contributed by atoms with Crippen molar-refractivity contribution < 1.29 is 0 Å². The summed E-state index contributed by atoms with van der Waals surface area (Å²) in [6, 6.07) is 19.1. The number of benzene rings is 2. The second-order valence-electron chi connectivity index (χ2n) is 4.98. The first-order valence-corrected chi connectivity index (χ1v) is 7.39. The van der Waals surface area contributed by atoms with Gasteiger partial charge < -0.3 is 16.5 Å². The molecule has 4 rings (SSSR count). The molecule has 2 heterocycles. The van der Waals surface area contributed by atoms with Gasteiger partial charge in [0.15, 0.2) is 0 Å². The maximum atomic E-state index is 6.00. The number of fused-ring (bicyclic) bond motifs is 1. The molecule has 2 aromatic carbocycles. The lowest BCUT2D eigenvalue weighted by Gasteiger charge is -1.99. The number of anilines is 2. The Hall–Kier alpha value is -3.92. The van der Waals surface area contributed by atoms with Crippen molar-refractivity contribution in [2.75, 3.05) is 11.5 Å². The topological polar surface area (TPSA) is 141 Å². The van der Waals surface area contributed by atoms with Gasteiger partial charge in [0.2, 0.25) is 0 Å². The van der Waals surface area contributed by atoms with E-state index in [1.54, 1.807) is 18.5 Å². The molecule has 0 saturated heterocycles. The van der Waals surface area contributed by atoms with E-state index in [9.17, 15) is 0 Å². The molecule has 0 radical (unpaired) electrons. The molecule has 0 spiro atoms. The minimum Gasteiger partial charge on any atom is -0.399 e. The fourth-order valence-electron chi connectivity index (χ4n) is 2.14. The summed E-state index contributed by atoms with van der Waals surface area (Å²) in [6.45, 7) is 0. The van der Waals surface area contributed by atoms with Crippen molar-refractivity contribution in [1.29, 1.82) is 10.8 Å². The molecule has 25 heavy (non-hydrogen) atoms. The lowest BCUT2D eigenvalue weighted by atomic mass is 10.2. The lowest BCUT2D eigenvalue weighted by Crippen LogP contribution is -1.91. The Labute approximate surface area is 144 Å². The molecule has 0 bridgehead atoms. The number of hydrogen-bond acceptors (Lipinski definition) is 6. The summed E-state index contributed by atoms with van der Waals surface area (Å²) in [5.41, 5.74) is 15.5. The normalized spacial score (nSPS) is 9.36. The molecule has 7 nitrogen and oxygen atoms in total. The third-order valence-electron chi connectivity index (χ3n) is 3.30. The molecule has 5 N–H and O–H groups in total. The molecule has 0 aliphatic heterocycles. The highest BCUT2D eigenvalue weighted by Gasteiger charge is 2.07. The molecule has 0 aliphatic carbocycles. The first-order chi connectivity index (χ1) is 12.2. The molecule has 0 amide bonds. The highest BCUT2D eigenvalue weighted by molar-refractivity contribution is 5.81. The molecule has 124 valence electrons. The number of aromatic amines is 1. The molecule has 4 aromatic rings. The highest BCUT2D eigenvalue weighted by atomic mass is 14.9. The fourth-order valence-corrected chi connectivity index (χ4v) is 2.14. The first-order valence-electron chi connectivity index (χ1n) is 7.39. The molecule has 0 saturated carbocycles. The number of aromatic nitrogens is 3. The first kappa shape index (κ1) is 17.4. The van der Waals surface area contributed by atoms with E-state index < -0.39 is 0 Å². The number of nitrogens with two attached hydrogens (primary N) is 2. The predicted octanol–water partition coefficient (Wildman–Crippen LogP) is 3.51. The summed E-state index contributed by atoms with van der Waals surface area (Å²) < 4.78 is 0. The number of rotatable bonds is 1. The second-order valence-corrected chi connectivity index (χ2v) is 4.98. The van der Waals surface area contributed by atoms with Gasteiger partial charge >= 0.3 is 0 Å². The fraction of sp³-hybridized carbons (Fsp3) is 0. The number of para-hydroxylation sites is 3. The van der Waals surface area contributed by atoms with Crippen LogP contribution in [0.3, 0.4) is 0 Å². The number of pyridine rings is 1. The van der Waals surface area contributed by atoms with Gasteiger partial charge in [-0.2, -0.15) is 0 Å². The molecule has 0 fully saturated rings. The minimum absolute atomic E-state index is 0.675. The van der Waals surface area contributed by atoms with Crippen LogP contribution in [0, 0.1) is 10.8 Å². The van der Waals surface area contributed by atoms with E-state index in [0.29, 0.717) is 5.69 Å². The predicted molar refractivity (Wildman–Crippen MR) is 98.0 cm³/mol. The summed E-state index contributed by atoms with van der Waals surface area (Å²) >= 11 is 0. The summed E-state index contributed by atoms with van der Waals surface area (Å²) in [5, 5.41) is 12.0. The smallest absolute Gasteiger partial charge is 0.142 e. The van der Waals surface area contributed by atoms with Crippen molar-refractivity contribution in [2.45, 2.75) is 0 Å². The maximum Gasteiger partial charge on any atom is 0.142 e. The Morgan fingerprint density at radius 3 is 2.12 bits per heavy atom. The summed E-state index contributed by atoms with van der Waals surface area (Å²) in [4.78, 5) is 11.7. The Bertz CT molecular complexity index is 912. The van der Waals surface area contributed by atoms with Crippen LogP contribution in [0.4, 0.5) is 11.4 Å². The zero-order chi connectivity index (χ0) is 18.1. The lowest BCUT2D eigenvalue weighted by molar-refractivity contribution is 1.15. The monoisotopic (exact) mass is 331 g/mol. The van der Waals surface area contributed by atoms with E-state index in [0.717, 1.165) is 28.1 Å². The van der Waals surface area contributed by atoms with Crippen molar-refractivity contribution >= 4 is 22.4 Å². The zero-order valence-corrected chi connectivity index (χ0v) is 13.4. The quantitative estimate of drug-likeness (QED) is 0.360. The number of H-pyrrole nitrogens is 1. The third kappa shape index (κ3) is 4.53. The van der Waals surface area contributed by atoms with Crippen LogP contribution in [-0.4, -0.2) is 15.0 Å². The zero-order valence-electron chi connectivity index (χ0n) is 13.4. The van der Waals surface area contributed by atoms with Crippen molar-refractivity contribution in [3.63, 3.8) is 0 Å². The Morgan fingerprint density at radius 2 is 1.52 bits per heavy atom. The van der Waals surface area contributed by atoms with Crippen LogP contribution in [0.15, 0.2) is 73.1 Å². The number of nitrogens with zero attached hydrogens (tertiary/aromatic N) is 4. The van der Waals surface area contributed by atoms with Gasteiger partial charge in [0, 0.05) is 34.6 Å². The third-order valence-corrected chi connectivity index (χ3v) is 3.30. The number of hydrogen-bond donors (Lipinski definition) is 3. The summed E-state index contributed by atoms with van der Waals surface area (Å²) in [6.07, 6.45) is 3.38. The SMILES string of the molecule is N#N.Nc1ccccc1.Nc1ccncc1-c1nc2ccccc2[nH]1. The summed E-state index contributed by atoms with van der Waals surface area (Å²) in [5.74, 6) is 0.756. The largest absolute Gasteiger partial charge is 0.399 e. The van der Waals surface area contributed by atoms with Crippen LogP contribution in [0.2, 0.25) is 0 Å². The van der Waals surface area contributed by atoms with Crippen molar-refractivity contribution in [1.82, 2.24) is 15.0 Å². The van der Waals surface area contributed by atoms with Gasteiger partial charge in [-0.25, -0.2) is 4.98 Å². The Kier molecular flexibility index (Phi) is 6.03. The number of nitrogens with one attached hydrogen (secondary N) is 1. The van der Waals surface area contributed by atoms with E-state index in [1.807, 2.05) is 54.6 Å². The van der Waals surface area contributed by atoms with E-state index in [-0.39, 0.29) is 0 Å². The van der Waals surface area contributed by atoms with Crippen molar-refractivity contribution in [3.8, 4) is 11.4 Å². The van der Waals surface area contributed by atoms with Crippen LogP contribution in [0.25, 0.3) is 22.4 Å². The molecule has 0 atom stereocenters. The highest BCUT2D eigenvalue weighted by Crippen LogP contribution is 2.23. The van der Waals surface area contributed by atoms with E-state index >= 15 is 0 Å². The molecular formula is C18H17N7. The van der Waals surface area contributed by atoms with Crippen LogP contribution in [0.1, 0.15) is 0 Å². The number of nitrogen functional groups attached to an aromatic ring is 2. The van der Waals surface area contributed by atoms with Crippen LogP contribution in [0.5, 0.6) is 0 Å². The molecule has 0 aliphatic rings. The number of imidazole rings is 1. The van der Waals surface area contributed by atoms with E-state index in [2.05, 4.69) is 15.0 Å². The van der Waals surface area contributed by atoms with Crippen LogP contribution < -0.4 is 11.5 Å². The average Bonchev–Trinajstić information content (AvgIpc) is 3.09. The second kappa shape index (κ2) is 8.64. The Morgan fingerprint density at radius 1 is 0.840 bits per heavy atom. The molecular weight excluding hydrogens is 314 g/mol. The van der Waals surface area contributed by atoms with Crippen LogP contribution >= 0.6 is 0 Å². The maximum absolute atomic E-state index is 6.00. The van der Waals surface area contributed by atoms with Gasteiger partial charge in [-0.05, 0) is 30.3 Å². The van der Waals surface area contributed by atoms with Gasteiger partial charge in [0.25, 0.3) is 0 Å². The summed E-state index contributed by atoms with van der Waals surface area (Å²) in [7, 11) is 0. The van der Waals surface area contributed by atoms with Gasteiger partial charge in [-0.3, -0.25) is 4.98 Å². The van der Waals surface area contributed by atoms with Crippen LogP contribution in [-0.2, 0) is 0 Å². The Balaban J connectivity index is 0.000000211.